The Bertz CT molecular complexity index is 510. The molecule has 6 nitrogen and oxygen atoms in total. The Morgan fingerprint density at radius 3 is 2.24 bits per heavy atom. The Morgan fingerprint density at radius 2 is 1.71 bits per heavy atom. The molecule has 0 atom stereocenters. The largest absolute Gasteiger partial charge is 0.274 e. The van der Waals surface area contributed by atoms with Crippen molar-refractivity contribution in [1.29, 1.82) is 0 Å². The van der Waals surface area contributed by atoms with Crippen LogP contribution in [0.15, 0.2) is 35.2 Å². The number of rotatable bonds is 3. The Hall–Kier alpha value is -1.89. The summed E-state index contributed by atoms with van der Waals surface area (Å²) >= 11 is 0. The van der Waals surface area contributed by atoms with E-state index in [0.29, 0.717) is 0 Å². The van der Waals surface area contributed by atoms with E-state index in [9.17, 15) is 18.0 Å². The first-order valence-electron chi connectivity index (χ1n) is 4.75. The molecule has 2 N–H and O–H groups in total. The first kappa shape index (κ1) is 13.2. The second-order valence-corrected chi connectivity index (χ2v) is 5.29. The van der Waals surface area contributed by atoms with Gasteiger partial charge in [0.2, 0.25) is 5.91 Å². The fourth-order valence-electron chi connectivity index (χ4n) is 1.08. The van der Waals surface area contributed by atoms with Crippen LogP contribution < -0.4 is 10.9 Å². The molecular formula is C10H12N2O4S. The van der Waals surface area contributed by atoms with E-state index in [0.717, 1.165) is 0 Å². The van der Waals surface area contributed by atoms with Gasteiger partial charge >= 0.3 is 0 Å². The molecule has 0 heterocycles. The van der Waals surface area contributed by atoms with Crippen LogP contribution >= 0.6 is 0 Å². The number of benzene rings is 1. The van der Waals surface area contributed by atoms with Crippen molar-refractivity contribution in [1.82, 2.24) is 10.9 Å². The minimum atomic E-state index is -3.67. The minimum absolute atomic E-state index is 0.0676. The Kier molecular flexibility index (Phi) is 4.22. The van der Waals surface area contributed by atoms with Crippen LogP contribution in [0.25, 0.3) is 0 Å². The molecule has 0 aromatic heterocycles. The van der Waals surface area contributed by atoms with E-state index in [1.807, 2.05) is 10.9 Å². The fourth-order valence-corrected chi connectivity index (χ4v) is 2.23. The quantitative estimate of drug-likeness (QED) is 0.721. The first-order valence-corrected chi connectivity index (χ1v) is 6.40. The first-order chi connectivity index (χ1) is 7.92. The maximum Gasteiger partial charge on any atom is 0.253 e. The molecule has 2 amide bonds. The predicted molar refractivity (Wildman–Crippen MR) is 60.5 cm³/mol. The van der Waals surface area contributed by atoms with Gasteiger partial charge in [-0.05, 0) is 12.1 Å². The third kappa shape index (κ3) is 4.23. The zero-order chi connectivity index (χ0) is 12.9. The fraction of sp³-hybridized carbons (Fsp3) is 0.200. The monoisotopic (exact) mass is 256 g/mol. The van der Waals surface area contributed by atoms with Crippen LogP contribution in [0.3, 0.4) is 0 Å². The third-order valence-corrected chi connectivity index (χ3v) is 3.43. The summed E-state index contributed by atoms with van der Waals surface area (Å²) in [5.74, 6) is -1.98. The molecule has 1 rings (SSSR count). The molecule has 17 heavy (non-hydrogen) atoms. The zero-order valence-corrected chi connectivity index (χ0v) is 9.95. The highest BCUT2D eigenvalue weighted by Crippen LogP contribution is 2.09. The molecule has 0 bridgehead atoms. The molecule has 0 fully saturated rings. The molecule has 0 aliphatic rings. The zero-order valence-electron chi connectivity index (χ0n) is 9.14. The van der Waals surface area contributed by atoms with Gasteiger partial charge in [0.15, 0.2) is 9.84 Å². The minimum Gasteiger partial charge on any atom is -0.274 e. The summed E-state index contributed by atoms with van der Waals surface area (Å²) in [4.78, 5) is 21.8. The van der Waals surface area contributed by atoms with Crippen molar-refractivity contribution in [2.24, 2.45) is 0 Å². The molecule has 0 radical (unpaired) electrons. The third-order valence-electron chi connectivity index (χ3n) is 1.80. The van der Waals surface area contributed by atoms with E-state index in [4.69, 9.17) is 0 Å². The molecule has 0 saturated heterocycles. The maximum absolute atomic E-state index is 11.7. The van der Waals surface area contributed by atoms with Gasteiger partial charge in [-0.3, -0.25) is 20.4 Å². The number of sulfone groups is 1. The number of amides is 2. The van der Waals surface area contributed by atoms with Crippen molar-refractivity contribution >= 4 is 21.7 Å². The summed E-state index contributed by atoms with van der Waals surface area (Å²) in [6.07, 6.45) is 0. The van der Waals surface area contributed by atoms with Crippen LogP contribution in [0.2, 0.25) is 0 Å². The van der Waals surface area contributed by atoms with Gasteiger partial charge in [-0.15, -0.1) is 0 Å². The summed E-state index contributed by atoms with van der Waals surface area (Å²) in [7, 11) is -3.67. The van der Waals surface area contributed by atoms with Crippen molar-refractivity contribution in [2.45, 2.75) is 11.8 Å². The van der Waals surface area contributed by atoms with E-state index >= 15 is 0 Å². The predicted octanol–water partition coefficient (Wildman–Crippen LogP) is -0.372. The van der Waals surface area contributed by atoms with Gasteiger partial charge < -0.3 is 0 Å². The average Bonchev–Trinajstić information content (AvgIpc) is 2.27. The summed E-state index contributed by atoms with van der Waals surface area (Å²) in [5, 5.41) is 0. The highest BCUT2D eigenvalue weighted by Gasteiger charge is 2.18. The van der Waals surface area contributed by atoms with E-state index in [-0.39, 0.29) is 4.90 Å². The molecule has 0 aliphatic carbocycles. The molecule has 0 unspecified atom stereocenters. The lowest BCUT2D eigenvalue weighted by Crippen LogP contribution is -2.43. The standard InChI is InChI=1S/C10H12N2O4S/c1-8(13)11-12-10(14)7-17(15,16)9-5-3-2-4-6-9/h2-6H,7H2,1H3,(H,11,13)(H,12,14). The van der Waals surface area contributed by atoms with Crippen LogP contribution in [0.1, 0.15) is 6.92 Å². The lowest BCUT2D eigenvalue weighted by atomic mass is 10.4. The van der Waals surface area contributed by atoms with Gasteiger partial charge in [0.05, 0.1) is 4.90 Å². The smallest absolute Gasteiger partial charge is 0.253 e. The second-order valence-electron chi connectivity index (χ2n) is 3.30. The van der Waals surface area contributed by atoms with Crippen molar-refractivity contribution in [3.05, 3.63) is 30.3 Å². The summed E-state index contributed by atoms with van der Waals surface area (Å²) in [5.41, 5.74) is 4.01. The number of carbonyl (C=O) groups excluding carboxylic acids is 2. The maximum atomic E-state index is 11.7. The van der Waals surface area contributed by atoms with Gasteiger partial charge in [0, 0.05) is 6.92 Å². The molecular weight excluding hydrogens is 244 g/mol. The molecule has 0 saturated carbocycles. The molecule has 0 aliphatic heterocycles. The average molecular weight is 256 g/mol. The van der Waals surface area contributed by atoms with Crippen molar-refractivity contribution in [3.8, 4) is 0 Å². The summed E-state index contributed by atoms with van der Waals surface area (Å²) in [6, 6.07) is 7.62. The van der Waals surface area contributed by atoms with Crippen LogP contribution in [0.5, 0.6) is 0 Å². The number of hydrogen-bond acceptors (Lipinski definition) is 4. The van der Waals surface area contributed by atoms with Crippen molar-refractivity contribution in [2.75, 3.05) is 5.75 Å². The Balaban J connectivity index is 2.68. The molecule has 1 aromatic carbocycles. The van der Waals surface area contributed by atoms with Gasteiger partial charge in [0.1, 0.15) is 5.75 Å². The van der Waals surface area contributed by atoms with Crippen LogP contribution in [0.4, 0.5) is 0 Å². The highest BCUT2D eigenvalue weighted by molar-refractivity contribution is 7.92. The summed E-state index contributed by atoms with van der Waals surface area (Å²) in [6.45, 7) is 1.20. The molecule has 1 aromatic rings. The van der Waals surface area contributed by atoms with Gasteiger partial charge in [0.25, 0.3) is 5.91 Å². The molecule has 92 valence electrons. The van der Waals surface area contributed by atoms with E-state index < -0.39 is 27.4 Å². The number of nitrogens with one attached hydrogen (secondary N) is 2. The molecule has 7 heteroatoms. The van der Waals surface area contributed by atoms with E-state index in [2.05, 4.69) is 0 Å². The van der Waals surface area contributed by atoms with Gasteiger partial charge in [-0.1, -0.05) is 18.2 Å². The second kappa shape index (κ2) is 5.44. The summed E-state index contributed by atoms with van der Waals surface area (Å²) < 4.78 is 23.4. The van der Waals surface area contributed by atoms with Gasteiger partial charge in [-0.2, -0.15) is 0 Å². The number of hydrogen-bond donors (Lipinski definition) is 2. The van der Waals surface area contributed by atoms with E-state index in [1.165, 1.54) is 19.1 Å². The van der Waals surface area contributed by atoms with Crippen molar-refractivity contribution in [3.63, 3.8) is 0 Å². The van der Waals surface area contributed by atoms with Gasteiger partial charge in [-0.25, -0.2) is 8.42 Å². The molecule has 0 spiro atoms. The normalized spacial score (nSPS) is 10.6. The number of hydrazine groups is 1. The van der Waals surface area contributed by atoms with Crippen molar-refractivity contribution < 1.29 is 18.0 Å². The van der Waals surface area contributed by atoms with Crippen LogP contribution in [-0.2, 0) is 19.4 Å². The number of carbonyl (C=O) groups is 2. The topological polar surface area (TPSA) is 92.3 Å². The van der Waals surface area contributed by atoms with Crippen LogP contribution in [-0.4, -0.2) is 26.0 Å². The Labute approximate surface area is 98.9 Å². The lowest BCUT2D eigenvalue weighted by Gasteiger charge is -2.06. The Morgan fingerprint density at radius 1 is 1.12 bits per heavy atom. The SMILES string of the molecule is CC(=O)NNC(=O)CS(=O)(=O)c1ccccc1. The highest BCUT2D eigenvalue weighted by atomic mass is 32.2. The van der Waals surface area contributed by atoms with E-state index in [1.54, 1.807) is 18.2 Å². The van der Waals surface area contributed by atoms with Crippen LogP contribution in [0, 0.1) is 0 Å². The lowest BCUT2D eigenvalue weighted by molar-refractivity contribution is -0.126.